The smallest absolute Gasteiger partial charge is 0.263 e. The number of aromatic amines is 1. The van der Waals surface area contributed by atoms with E-state index in [-0.39, 0.29) is 22.3 Å². The Labute approximate surface area is 128 Å². The first-order valence-corrected chi connectivity index (χ1v) is 6.78. The Morgan fingerprint density at radius 3 is 2.78 bits per heavy atom. The lowest BCUT2D eigenvalue weighted by Gasteiger charge is -1.99. The van der Waals surface area contributed by atoms with Gasteiger partial charge in [-0.05, 0) is 30.3 Å². The van der Waals surface area contributed by atoms with Gasteiger partial charge in [-0.25, -0.2) is 4.39 Å². The first-order valence-electron chi connectivity index (χ1n) is 6.78. The fraction of sp³-hybridized carbons (Fsp3) is 0. The highest BCUT2D eigenvalue weighted by Gasteiger charge is 2.15. The molecule has 0 aliphatic carbocycles. The maximum Gasteiger partial charge on any atom is 0.263 e. The Balaban J connectivity index is 1.86. The van der Waals surface area contributed by atoms with E-state index in [1.54, 1.807) is 24.5 Å². The molecular weight excluding hydrogens is 299 g/mol. The first-order chi connectivity index (χ1) is 11.2. The zero-order valence-corrected chi connectivity index (χ0v) is 11.7. The highest BCUT2D eigenvalue weighted by atomic mass is 19.1. The van der Waals surface area contributed by atoms with Crippen molar-refractivity contribution in [1.82, 2.24) is 20.1 Å². The van der Waals surface area contributed by atoms with Crippen molar-refractivity contribution < 1.29 is 8.91 Å². The molecule has 0 amide bonds. The van der Waals surface area contributed by atoms with E-state index in [1.807, 2.05) is 0 Å². The summed E-state index contributed by atoms with van der Waals surface area (Å²) in [6, 6.07) is 7.43. The van der Waals surface area contributed by atoms with E-state index in [2.05, 4.69) is 20.1 Å². The number of rotatable bonds is 2. The summed E-state index contributed by atoms with van der Waals surface area (Å²) in [6.45, 7) is 0. The lowest BCUT2D eigenvalue weighted by Crippen LogP contribution is -2.06. The average molecular weight is 308 g/mol. The van der Waals surface area contributed by atoms with E-state index in [0.29, 0.717) is 11.3 Å². The molecule has 0 atom stereocenters. The van der Waals surface area contributed by atoms with Crippen LogP contribution >= 0.6 is 0 Å². The monoisotopic (exact) mass is 308 g/mol. The highest BCUT2D eigenvalue weighted by Crippen LogP contribution is 2.20. The number of pyridine rings is 2. The quantitative estimate of drug-likeness (QED) is 0.615. The van der Waals surface area contributed by atoms with Crippen LogP contribution in [-0.4, -0.2) is 20.1 Å². The summed E-state index contributed by atoms with van der Waals surface area (Å²) >= 11 is 0. The molecule has 0 spiro atoms. The number of hydrogen-bond acceptors (Lipinski definition) is 5. The van der Waals surface area contributed by atoms with Crippen LogP contribution in [0.5, 0.6) is 0 Å². The number of nitrogens with one attached hydrogen (secondary N) is 1. The molecule has 0 bridgehead atoms. The van der Waals surface area contributed by atoms with E-state index in [0.717, 1.165) is 5.56 Å². The minimum absolute atomic E-state index is 0.0734. The molecule has 0 radical (unpaired) electrons. The highest BCUT2D eigenvalue weighted by molar-refractivity contribution is 5.82. The molecule has 1 aromatic carbocycles. The molecule has 4 aromatic rings. The Morgan fingerprint density at radius 2 is 1.96 bits per heavy atom. The molecule has 4 rings (SSSR count). The average Bonchev–Trinajstić information content (AvgIpc) is 3.06. The van der Waals surface area contributed by atoms with Crippen molar-refractivity contribution in [2.45, 2.75) is 0 Å². The van der Waals surface area contributed by atoms with Crippen LogP contribution in [0.3, 0.4) is 0 Å². The predicted molar refractivity (Wildman–Crippen MR) is 81.0 cm³/mol. The minimum atomic E-state index is -0.483. The molecule has 0 fully saturated rings. The van der Waals surface area contributed by atoms with Crippen LogP contribution in [0, 0.1) is 5.82 Å². The molecule has 0 unspecified atom stereocenters. The third kappa shape index (κ3) is 2.28. The predicted octanol–water partition coefficient (Wildman–Crippen LogP) is 2.78. The summed E-state index contributed by atoms with van der Waals surface area (Å²) in [5, 5.41) is 4.09. The maximum absolute atomic E-state index is 13.4. The molecule has 1 N–H and O–H groups in total. The van der Waals surface area contributed by atoms with E-state index in [4.69, 9.17) is 4.52 Å². The van der Waals surface area contributed by atoms with Crippen molar-refractivity contribution in [3.8, 4) is 22.8 Å². The second-order valence-electron chi connectivity index (χ2n) is 4.88. The Kier molecular flexibility index (Phi) is 2.97. The fourth-order valence-electron chi connectivity index (χ4n) is 2.30. The number of H-pyrrole nitrogens is 1. The third-order valence-electron chi connectivity index (χ3n) is 3.44. The number of hydrogen-bond donors (Lipinski definition) is 1. The third-order valence-corrected chi connectivity index (χ3v) is 3.44. The zero-order chi connectivity index (χ0) is 15.8. The van der Waals surface area contributed by atoms with Gasteiger partial charge in [0.25, 0.3) is 5.89 Å². The number of aromatic nitrogens is 4. The Bertz CT molecular complexity index is 1060. The van der Waals surface area contributed by atoms with Crippen molar-refractivity contribution >= 4 is 10.9 Å². The van der Waals surface area contributed by atoms with Gasteiger partial charge >= 0.3 is 0 Å². The number of halogens is 1. The molecule has 0 saturated carbocycles. The number of nitrogens with zero attached hydrogens (tertiary/aromatic N) is 3. The van der Waals surface area contributed by atoms with Gasteiger partial charge in [-0.2, -0.15) is 4.98 Å². The minimum Gasteiger partial charge on any atom is -0.360 e. The van der Waals surface area contributed by atoms with Gasteiger partial charge in [0.2, 0.25) is 11.3 Å². The normalized spacial score (nSPS) is 11.0. The van der Waals surface area contributed by atoms with E-state index in [9.17, 15) is 9.18 Å². The van der Waals surface area contributed by atoms with E-state index in [1.165, 1.54) is 24.4 Å². The van der Waals surface area contributed by atoms with Gasteiger partial charge < -0.3 is 9.51 Å². The number of fused-ring (bicyclic) bond motifs is 1. The van der Waals surface area contributed by atoms with Crippen LogP contribution in [0.2, 0.25) is 0 Å². The van der Waals surface area contributed by atoms with E-state index >= 15 is 0 Å². The molecule has 0 aliphatic heterocycles. The van der Waals surface area contributed by atoms with Gasteiger partial charge in [0.1, 0.15) is 11.4 Å². The van der Waals surface area contributed by atoms with Crippen molar-refractivity contribution in [3.05, 3.63) is 65.0 Å². The SMILES string of the molecule is O=c1c(-c2nc(-c3ccncc3)no2)c[nH]c2ccc(F)cc12. The summed E-state index contributed by atoms with van der Waals surface area (Å²) in [7, 11) is 0. The van der Waals surface area contributed by atoms with Gasteiger partial charge in [-0.3, -0.25) is 9.78 Å². The summed E-state index contributed by atoms with van der Waals surface area (Å²) in [5.41, 5.74) is 1.08. The first kappa shape index (κ1) is 13.3. The summed E-state index contributed by atoms with van der Waals surface area (Å²) < 4.78 is 18.5. The Hall–Kier alpha value is -3.35. The molecule has 7 heteroatoms. The van der Waals surface area contributed by atoms with Crippen molar-refractivity contribution in [2.24, 2.45) is 0 Å². The van der Waals surface area contributed by atoms with Gasteiger partial charge in [0.15, 0.2) is 0 Å². The molecule has 23 heavy (non-hydrogen) atoms. The van der Waals surface area contributed by atoms with Crippen LogP contribution in [0.15, 0.2) is 58.2 Å². The zero-order valence-electron chi connectivity index (χ0n) is 11.7. The van der Waals surface area contributed by atoms with Crippen LogP contribution < -0.4 is 5.43 Å². The maximum atomic E-state index is 13.4. The molecule has 0 saturated heterocycles. The van der Waals surface area contributed by atoms with Crippen molar-refractivity contribution in [1.29, 1.82) is 0 Å². The summed E-state index contributed by atoms with van der Waals surface area (Å²) in [4.78, 5) is 23.6. The summed E-state index contributed by atoms with van der Waals surface area (Å²) in [5.74, 6) is -0.0616. The number of benzene rings is 1. The second-order valence-corrected chi connectivity index (χ2v) is 4.88. The lowest BCUT2D eigenvalue weighted by molar-refractivity contribution is 0.432. The van der Waals surface area contributed by atoms with Crippen LogP contribution in [0.1, 0.15) is 0 Å². The molecule has 6 nitrogen and oxygen atoms in total. The summed E-state index contributed by atoms with van der Waals surface area (Å²) in [6.07, 6.45) is 4.69. The second kappa shape index (κ2) is 5.13. The van der Waals surface area contributed by atoms with Gasteiger partial charge in [0, 0.05) is 35.1 Å². The van der Waals surface area contributed by atoms with Crippen LogP contribution in [-0.2, 0) is 0 Å². The fourth-order valence-corrected chi connectivity index (χ4v) is 2.30. The van der Waals surface area contributed by atoms with Crippen LogP contribution in [0.25, 0.3) is 33.7 Å². The molecule has 3 aromatic heterocycles. The van der Waals surface area contributed by atoms with E-state index < -0.39 is 5.82 Å². The van der Waals surface area contributed by atoms with Crippen molar-refractivity contribution in [3.63, 3.8) is 0 Å². The molecule has 0 aliphatic rings. The topological polar surface area (TPSA) is 84.7 Å². The molecule has 112 valence electrons. The molecule has 3 heterocycles. The van der Waals surface area contributed by atoms with Gasteiger partial charge in [-0.1, -0.05) is 5.16 Å². The van der Waals surface area contributed by atoms with Gasteiger partial charge in [-0.15, -0.1) is 0 Å². The Morgan fingerprint density at radius 1 is 1.13 bits per heavy atom. The standard InChI is InChI=1S/C16H9FN4O2/c17-10-1-2-13-11(7-10)14(22)12(8-19-13)16-20-15(21-23-16)9-3-5-18-6-4-9/h1-8H,(H,19,22). The largest absolute Gasteiger partial charge is 0.360 e. The molecular formula is C16H9FN4O2. The van der Waals surface area contributed by atoms with Crippen molar-refractivity contribution in [2.75, 3.05) is 0 Å². The van der Waals surface area contributed by atoms with Gasteiger partial charge in [0.05, 0.1) is 0 Å². The van der Waals surface area contributed by atoms with Crippen LogP contribution in [0.4, 0.5) is 4.39 Å². The lowest BCUT2D eigenvalue weighted by atomic mass is 10.1.